The molecule has 0 radical (unpaired) electrons. The molecular formula is C13H16N2O. The predicted octanol–water partition coefficient (Wildman–Crippen LogP) is 1.91. The quantitative estimate of drug-likeness (QED) is 0.780. The highest BCUT2D eigenvalue weighted by Crippen LogP contribution is 2.25. The summed E-state index contributed by atoms with van der Waals surface area (Å²) in [6.07, 6.45) is 1.87. The van der Waals surface area contributed by atoms with Crippen LogP contribution >= 0.6 is 0 Å². The third kappa shape index (κ3) is 2.34. The molecule has 1 N–H and O–H groups in total. The Hall–Kier alpha value is -1.53. The molecule has 1 saturated heterocycles. The van der Waals surface area contributed by atoms with E-state index < -0.39 is 5.60 Å². The van der Waals surface area contributed by atoms with E-state index in [4.69, 9.17) is 5.26 Å². The Morgan fingerprint density at radius 2 is 2.06 bits per heavy atom. The number of rotatable bonds is 1. The van der Waals surface area contributed by atoms with Gasteiger partial charge in [0.1, 0.15) is 0 Å². The fourth-order valence-corrected chi connectivity index (χ4v) is 2.19. The van der Waals surface area contributed by atoms with Crippen LogP contribution in [0.3, 0.4) is 0 Å². The molecule has 1 heterocycles. The van der Waals surface area contributed by atoms with Crippen molar-refractivity contribution in [2.75, 3.05) is 18.0 Å². The molecule has 0 aromatic heterocycles. The molecule has 1 atom stereocenters. The first-order chi connectivity index (χ1) is 7.61. The number of nitrogens with zero attached hydrogens (tertiary/aromatic N) is 2. The molecule has 1 aromatic rings. The smallest absolute Gasteiger partial charge is 0.0991 e. The SMILES string of the molecule is CC1(O)CCCN(c2ccc(C#N)cc2)C1. The second-order valence-electron chi connectivity index (χ2n) is 4.68. The fraction of sp³-hybridized carbons (Fsp3) is 0.462. The van der Waals surface area contributed by atoms with Crippen LogP contribution in [0.4, 0.5) is 5.69 Å². The Labute approximate surface area is 95.9 Å². The van der Waals surface area contributed by atoms with Gasteiger partial charge < -0.3 is 10.0 Å². The first-order valence-corrected chi connectivity index (χ1v) is 5.58. The van der Waals surface area contributed by atoms with Gasteiger partial charge in [-0.3, -0.25) is 0 Å². The Balaban J connectivity index is 2.15. The number of hydrogen-bond donors (Lipinski definition) is 1. The van der Waals surface area contributed by atoms with Crippen molar-refractivity contribution in [3.63, 3.8) is 0 Å². The number of benzene rings is 1. The van der Waals surface area contributed by atoms with E-state index in [2.05, 4.69) is 11.0 Å². The molecule has 0 spiro atoms. The van der Waals surface area contributed by atoms with Crippen molar-refractivity contribution in [1.82, 2.24) is 0 Å². The van der Waals surface area contributed by atoms with E-state index in [1.165, 1.54) is 0 Å². The minimum Gasteiger partial charge on any atom is -0.388 e. The number of β-amino-alcohol motifs (C(OH)–C–C–N with tert-alkyl or cyclic N) is 1. The molecular weight excluding hydrogens is 200 g/mol. The van der Waals surface area contributed by atoms with E-state index >= 15 is 0 Å². The Morgan fingerprint density at radius 3 is 2.62 bits per heavy atom. The maximum atomic E-state index is 10.0. The molecule has 0 aliphatic carbocycles. The molecule has 0 amide bonds. The predicted molar refractivity (Wildman–Crippen MR) is 63.2 cm³/mol. The third-order valence-electron chi connectivity index (χ3n) is 3.04. The van der Waals surface area contributed by atoms with Gasteiger partial charge in [0.15, 0.2) is 0 Å². The van der Waals surface area contributed by atoms with Gasteiger partial charge in [-0.05, 0) is 44.0 Å². The van der Waals surface area contributed by atoms with Gasteiger partial charge in [0.2, 0.25) is 0 Å². The molecule has 1 fully saturated rings. The van der Waals surface area contributed by atoms with Gasteiger partial charge in [0.25, 0.3) is 0 Å². The van der Waals surface area contributed by atoms with Crippen LogP contribution in [0.5, 0.6) is 0 Å². The number of hydrogen-bond acceptors (Lipinski definition) is 3. The first kappa shape index (κ1) is 11.0. The van der Waals surface area contributed by atoms with E-state index in [-0.39, 0.29) is 0 Å². The summed E-state index contributed by atoms with van der Waals surface area (Å²) in [5.41, 5.74) is 1.16. The van der Waals surface area contributed by atoms with Gasteiger partial charge in [-0.2, -0.15) is 5.26 Å². The van der Waals surface area contributed by atoms with Gasteiger partial charge in [-0.1, -0.05) is 0 Å². The van der Waals surface area contributed by atoms with Crippen LogP contribution in [0.15, 0.2) is 24.3 Å². The monoisotopic (exact) mass is 216 g/mol. The molecule has 1 aromatic carbocycles. The van der Waals surface area contributed by atoms with Crippen molar-refractivity contribution in [3.8, 4) is 6.07 Å². The topological polar surface area (TPSA) is 47.3 Å². The lowest BCUT2D eigenvalue weighted by molar-refractivity contribution is 0.0449. The largest absolute Gasteiger partial charge is 0.388 e. The average Bonchev–Trinajstić information content (AvgIpc) is 2.28. The first-order valence-electron chi connectivity index (χ1n) is 5.58. The zero-order chi connectivity index (χ0) is 11.6. The molecule has 2 rings (SSSR count). The molecule has 16 heavy (non-hydrogen) atoms. The van der Waals surface area contributed by atoms with Crippen molar-refractivity contribution in [2.45, 2.75) is 25.4 Å². The number of aliphatic hydroxyl groups is 1. The molecule has 1 aliphatic rings. The van der Waals surface area contributed by atoms with E-state index in [1.807, 2.05) is 31.2 Å². The van der Waals surface area contributed by atoms with Gasteiger partial charge in [0.05, 0.1) is 17.2 Å². The van der Waals surface area contributed by atoms with Crippen LogP contribution in [-0.2, 0) is 0 Å². The molecule has 0 bridgehead atoms. The highest BCUT2D eigenvalue weighted by atomic mass is 16.3. The molecule has 3 heteroatoms. The third-order valence-corrected chi connectivity index (χ3v) is 3.04. The number of piperidine rings is 1. The minimum absolute atomic E-state index is 0.591. The molecule has 1 aliphatic heterocycles. The van der Waals surface area contributed by atoms with Crippen LogP contribution < -0.4 is 4.90 Å². The van der Waals surface area contributed by atoms with Crippen LogP contribution in [0.2, 0.25) is 0 Å². The zero-order valence-corrected chi connectivity index (χ0v) is 9.48. The van der Waals surface area contributed by atoms with Crippen molar-refractivity contribution in [2.24, 2.45) is 0 Å². The number of anilines is 1. The summed E-state index contributed by atoms with van der Waals surface area (Å²) in [6, 6.07) is 9.63. The van der Waals surface area contributed by atoms with E-state index in [0.29, 0.717) is 12.1 Å². The summed E-state index contributed by atoms with van der Waals surface area (Å²) in [6.45, 7) is 3.52. The Kier molecular flexibility index (Phi) is 2.84. The van der Waals surface area contributed by atoms with Crippen LogP contribution in [0.1, 0.15) is 25.3 Å². The molecule has 1 unspecified atom stereocenters. The van der Waals surface area contributed by atoms with Crippen LogP contribution in [-0.4, -0.2) is 23.8 Å². The highest BCUT2D eigenvalue weighted by Gasteiger charge is 2.28. The zero-order valence-electron chi connectivity index (χ0n) is 9.48. The van der Waals surface area contributed by atoms with Gasteiger partial charge in [-0.25, -0.2) is 0 Å². The van der Waals surface area contributed by atoms with Crippen LogP contribution in [0.25, 0.3) is 0 Å². The molecule has 84 valence electrons. The summed E-state index contributed by atoms with van der Waals surface area (Å²) in [5, 5.41) is 18.7. The second kappa shape index (κ2) is 4.15. The van der Waals surface area contributed by atoms with Crippen molar-refractivity contribution < 1.29 is 5.11 Å². The Bertz CT molecular complexity index is 403. The summed E-state index contributed by atoms with van der Waals surface area (Å²) in [5.74, 6) is 0. The highest BCUT2D eigenvalue weighted by molar-refractivity contribution is 5.50. The fourth-order valence-electron chi connectivity index (χ4n) is 2.19. The lowest BCUT2D eigenvalue weighted by atomic mass is 9.95. The van der Waals surface area contributed by atoms with E-state index in [0.717, 1.165) is 25.1 Å². The second-order valence-corrected chi connectivity index (χ2v) is 4.68. The normalized spacial score (nSPS) is 25.2. The summed E-state index contributed by atoms with van der Waals surface area (Å²) >= 11 is 0. The maximum absolute atomic E-state index is 10.0. The maximum Gasteiger partial charge on any atom is 0.0991 e. The van der Waals surface area contributed by atoms with Crippen LogP contribution in [0, 0.1) is 11.3 Å². The van der Waals surface area contributed by atoms with Gasteiger partial charge in [-0.15, -0.1) is 0 Å². The number of nitriles is 1. The molecule has 0 saturated carbocycles. The van der Waals surface area contributed by atoms with Gasteiger partial charge >= 0.3 is 0 Å². The summed E-state index contributed by atoms with van der Waals surface area (Å²) < 4.78 is 0. The lowest BCUT2D eigenvalue weighted by Gasteiger charge is -2.38. The Morgan fingerprint density at radius 1 is 1.38 bits per heavy atom. The van der Waals surface area contributed by atoms with E-state index in [9.17, 15) is 5.11 Å². The van der Waals surface area contributed by atoms with Crippen molar-refractivity contribution in [1.29, 1.82) is 5.26 Å². The standard InChI is InChI=1S/C13H16N2O/c1-13(16)7-2-8-15(10-13)12-5-3-11(9-14)4-6-12/h3-6,16H,2,7-8,10H2,1H3. The molecule has 3 nitrogen and oxygen atoms in total. The summed E-state index contributed by atoms with van der Waals surface area (Å²) in [4.78, 5) is 2.17. The summed E-state index contributed by atoms with van der Waals surface area (Å²) in [7, 11) is 0. The van der Waals surface area contributed by atoms with Crippen molar-refractivity contribution >= 4 is 5.69 Å². The lowest BCUT2D eigenvalue weighted by Crippen LogP contribution is -2.46. The van der Waals surface area contributed by atoms with E-state index in [1.54, 1.807) is 0 Å². The van der Waals surface area contributed by atoms with Crippen molar-refractivity contribution in [3.05, 3.63) is 29.8 Å². The average molecular weight is 216 g/mol. The van der Waals surface area contributed by atoms with Gasteiger partial charge in [0, 0.05) is 18.8 Å². The minimum atomic E-state index is -0.591.